The maximum absolute atomic E-state index is 11.4. The van der Waals surface area contributed by atoms with Crippen LogP contribution >= 0.6 is 0 Å². The molecule has 2 N–H and O–H groups in total. The number of carbonyl (C=O) groups is 2. The molecule has 0 bridgehead atoms. The molecule has 0 saturated carbocycles. The average molecular weight is 309 g/mol. The highest BCUT2D eigenvalue weighted by Crippen LogP contribution is 2.31. The Kier molecular flexibility index (Phi) is 3.64. The van der Waals surface area contributed by atoms with Crippen LogP contribution in [0.1, 0.15) is 10.4 Å². The number of aromatic carboxylic acids is 1. The number of benzene rings is 2. The lowest BCUT2D eigenvalue weighted by molar-refractivity contribution is 0.0697. The van der Waals surface area contributed by atoms with Crippen molar-refractivity contribution in [3.8, 4) is 17.0 Å². The van der Waals surface area contributed by atoms with E-state index in [4.69, 9.17) is 9.84 Å². The quantitative estimate of drug-likeness (QED) is 0.717. The van der Waals surface area contributed by atoms with Crippen LogP contribution in [0.4, 0.5) is 4.79 Å². The number of carboxylic acid groups (broad SMARTS) is 2. The van der Waals surface area contributed by atoms with Gasteiger partial charge in [-0.1, -0.05) is 30.3 Å². The summed E-state index contributed by atoms with van der Waals surface area (Å²) in [6, 6.07) is 14.7. The number of hydrogen-bond acceptors (Lipinski definition) is 4. The van der Waals surface area contributed by atoms with E-state index in [-0.39, 0.29) is 11.3 Å². The first kappa shape index (κ1) is 14.5. The van der Waals surface area contributed by atoms with E-state index in [9.17, 15) is 14.7 Å². The van der Waals surface area contributed by atoms with Crippen LogP contribution in [0.3, 0.4) is 0 Å². The molecule has 0 aliphatic rings. The van der Waals surface area contributed by atoms with E-state index in [1.165, 1.54) is 12.1 Å². The first-order valence-corrected chi connectivity index (χ1v) is 6.69. The van der Waals surface area contributed by atoms with Gasteiger partial charge in [0.25, 0.3) is 0 Å². The van der Waals surface area contributed by atoms with Crippen LogP contribution in [0.2, 0.25) is 0 Å². The van der Waals surface area contributed by atoms with Crippen molar-refractivity contribution in [2.45, 2.75) is 0 Å². The van der Waals surface area contributed by atoms with E-state index < -0.39 is 12.1 Å². The van der Waals surface area contributed by atoms with Gasteiger partial charge in [-0.3, -0.25) is 0 Å². The van der Waals surface area contributed by atoms with Gasteiger partial charge in [0.15, 0.2) is 0 Å². The van der Waals surface area contributed by atoms with E-state index >= 15 is 0 Å². The van der Waals surface area contributed by atoms with Crippen molar-refractivity contribution in [3.63, 3.8) is 0 Å². The molecular formula is C17H11NO5. The SMILES string of the molecule is O=C(O)Oc1cc(-c2ccccc2C(=O)O)nc2ccccc12. The predicted octanol–water partition coefficient (Wildman–Crippen LogP) is 3.66. The molecule has 23 heavy (non-hydrogen) atoms. The average Bonchev–Trinajstić information content (AvgIpc) is 2.54. The molecule has 0 amide bonds. The monoisotopic (exact) mass is 309 g/mol. The third-order valence-corrected chi connectivity index (χ3v) is 3.31. The smallest absolute Gasteiger partial charge is 0.478 e. The Bertz CT molecular complexity index is 920. The van der Waals surface area contributed by atoms with Crippen molar-refractivity contribution in [2.75, 3.05) is 0 Å². The summed E-state index contributed by atoms with van der Waals surface area (Å²) in [5.74, 6) is -0.977. The van der Waals surface area contributed by atoms with E-state index in [1.807, 2.05) is 0 Å². The van der Waals surface area contributed by atoms with Gasteiger partial charge in [0, 0.05) is 17.0 Å². The third-order valence-electron chi connectivity index (χ3n) is 3.31. The molecule has 6 heteroatoms. The van der Waals surface area contributed by atoms with Crippen molar-refractivity contribution in [3.05, 3.63) is 60.2 Å². The zero-order chi connectivity index (χ0) is 16.4. The van der Waals surface area contributed by atoms with Crippen molar-refractivity contribution in [2.24, 2.45) is 0 Å². The highest BCUT2D eigenvalue weighted by molar-refractivity contribution is 5.97. The second-order valence-electron chi connectivity index (χ2n) is 4.74. The van der Waals surface area contributed by atoms with Gasteiger partial charge in [0.2, 0.25) is 0 Å². The molecule has 0 aliphatic carbocycles. The van der Waals surface area contributed by atoms with Crippen LogP contribution in [0.15, 0.2) is 54.6 Å². The van der Waals surface area contributed by atoms with Crippen LogP contribution < -0.4 is 4.74 Å². The summed E-state index contributed by atoms with van der Waals surface area (Å²) in [5, 5.41) is 18.7. The van der Waals surface area contributed by atoms with Crippen LogP contribution in [0, 0.1) is 0 Å². The molecule has 6 nitrogen and oxygen atoms in total. The number of fused-ring (bicyclic) bond motifs is 1. The number of para-hydroxylation sites is 1. The van der Waals surface area contributed by atoms with E-state index in [2.05, 4.69) is 4.98 Å². The van der Waals surface area contributed by atoms with Gasteiger partial charge in [-0.15, -0.1) is 0 Å². The van der Waals surface area contributed by atoms with Crippen molar-refractivity contribution < 1.29 is 24.5 Å². The lowest BCUT2D eigenvalue weighted by Gasteiger charge is -2.10. The number of carboxylic acids is 1. The normalized spacial score (nSPS) is 10.4. The molecule has 0 radical (unpaired) electrons. The Morgan fingerprint density at radius 2 is 1.65 bits per heavy atom. The number of pyridine rings is 1. The van der Waals surface area contributed by atoms with Crippen molar-refractivity contribution >= 4 is 23.0 Å². The Morgan fingerprint density at radius 3 is 2.39 bits per heavy atom. The molecule has 0 unspecified atom stereocenters. The summed E-state index contributed by atoms with van der Waals surface area (Å²) in [4.78, 5) is 26.7. The Morgan fingerprint density at radius 1 is 0.957 bits per heavy atom. The van der Waals surface area contributed by atoms with Gasteiger partial charge in [-0.25, -0.2) is 14.6 Å². The van der Waals surface area contributed by atoms with Crippen molar-refractivity contribution in [1.29, 1.82) is 0 Å². The molecule has 1 heterocycles. The fourth-order valence-corrected chi connectivity index (χ4v) is 2.35. The van der Waals surface area contributed by atoms with Gasteiger partial charge >= 0.3 is 12.1 Å². The molecule has 0 atom stereocenters. The fourth-order valence-electron chi connectivity index (χ4n) is 2.35. The molecule has 2 aromatic carbocycles. The second kappa shape index (κ2) is 5.76. The summed E-state index contributed by atoms with van der Waals surface area (Å²) in [5.41, 5.74) is 1.32. The molecule has 0 fully saturated rings. The first-order chi connectivity index (χ1) is 11.1. The van der Waals surface area contributed by atoms with Gasteiger partial charge < -0.3 is 14.9 Å². The molecule has 3 rings (SSSR count). The summed E-state index contributed by atoms with van der Waals surface area (Å²) in [6.07, 6.45) is -1.45. The van der Waals surface area contributed by atoms with Crippen LogP contribution in [-0.2, 0) is 0 Å². The molecule has 3 aromatic rings. The molecular weight excluding hydrogens is 298 g/mol. The van der Waals surface area contributed by atoms with Gasteiger partial charge in [-0.2, -0.15) is 0 Å². The predicted molar refractivity (Wildman–Crippen MR) is 82.8 cm³/mol. The van der Waals surface area contributed by atoms with Gasteiger partial charge in [0.1, 0.15) is 5.75 Å². The van der Waals surface area contributed by atoms with Gasteiger partial charge in [-0.05, 0) is 18.2 Å². The maximum Gasteiger partial charge on any atom is 0.511 e. The number of aromatic nitrogens is 1. The maximum atomic E-state index is 11.4. The highest BCUT2D eigenvalue weighted by Gasteiger charge is 2.16. The highest BCUT2D eigenvalue weighted by atomic mass is 16.7. The minimum atomic E-state index is -1.45. The van der Waals surface area contributed by atoms with Crippen LogP contribution in [-0.4, -0.2) is 27.3 Å². The second-order valence-corrected chi connectivity index (χ2v) is 4.74. The largest absolute Gasteiger partial charge is 0.511 e. The Labute approximate surface area is 130 Å². The molecule has 1 aromatic heterocycles. The van der Waals surface area contributed by atoms with Crippen molar-refractivity contribution in [1.82, 2.24) is 4.98 Å². The molecule has 0 aliphatic heterocycles. The lowest BCUT2D eigenvalue weighted by atomic mass is 10.0. The number of nitrogens with zero attached hydrogens (tertiary/aromatic N) is 1. The summed E-state index contributed by atoms with van der Waals surface area (Å²) in [6.45, 7) is 0. The van der Waals surface area contributed by atoms with E-state index in [0.717, 1.165) is 0 Å². The number of ether oxygens (including phenoxy) is 1. The number of hydrogen-bond donors (Lipinski definition) is 2. The first-order valence-electron chi connectivity index (χ1n) is 6.69. The Hall–Kier alpha value is -3.41. The van der Waals surface area contributed by atoms with Gasteiger partial charge in [0.05, 0.1) is 16.8 Å². The lowest BCUT2D eigenvalue weighted by Crippen LogP contribution is -2.05. The molecule has 114 valence electrons. The van der Waals surface area contributed by atoms with Crippen LogP contribution in [0.5, 0.6) is 5.75 Å². The van der Waals surface area contributed by atoms with E-state index in [0.29, 0.717) is 22.2 Å². The summed E-state index contributed by atoms with van der Waals surface area (Å²) >= 11 is 0. The molecule has 0 saturated heterocycles. The topological polar surface area (TPSA) is 96.7 Å². The minimum Gasteiger partial charge on any atom is -0.478 e. The third kappa shape index (κ3) is 2.82. The minimum absolute atomic E-state index is 0.0801. The standard InChI is InChI=1S/C17H11NO5/c19-16(20)11-6-2-1-5-10(11)14-9-15(23-17(21)22)12-7-3-4-8-13(12)18-14/h1-9H,(H,19,20)(H,21,22). The molecule has 0 spiro atoms. The summed E-state index contributed by atoms with van der Waals surface area (Å²) < 4.78 is 4.82. The zero-order valence-corrected chi connectivity index (χ0v) is 11.8. The van der Waals surface area contributed by atoms with E-state index in [1.54, 1.807) is 42.5 Å². The summed E-state index contributed by atoms with van der Waals surface area (Å²) in [7, 11) is 0. The zero-order valence-electron chi connectivity index (χ0n) is 11.8. The number of rotatable bonds is 3. The fraction of sp³-hybridized carbons (Fsp3) is 0. The Balaban J connectivity index is 2.27. The van der Waals surface area contributed by atoms with Crippen LogP contribution in [0.25, 0.3) is 22.2 Å².